The van der Waals surface area contributed by atoms with Crippen molar-refractivity contribution in [2.45, 2.75) is 38.1 Å². The summed E-state index contributed by atoms with van der Waals surface area (Å²) in [6, 6.07) is 16.9. The first-order valence-electron chi connectivity index (χ1n) is 11.2. The van der Waals surface area contributed by atoms with Gasteiger partial charge in [0.2, 0.25) is 5.91 Å². The highest BCUT2D eigenvalue weighted by Crippen LogP contribution is 2.30. The van der Waals surface area contributed by atoms with E-state index < -0.39 is 0 Å². The van der Waals surface area contributed by atoms with Gasteiger partial charge in [-0.1, -0.05) is 36.4 Å². The summed E-state index contributed by atoms with van der Waals surface area (Å²) in [4.78, 5) is 17.4. The fourth-order valence-corrected chi connectivity index (χ4v) is 4.74. The number of anilines is 1. The number of methoxy groups -OCH3 is 1. The number of hydrogen-bond donors (Lipinski definition) is 1. The molecule has 4 rings (SSSR count). The number of fused-ring (bicyclic) bond motifs is 1. The summed E-state index contributed by atoms with van der Waals surface area (Å²) in [5, 5.41) is 3.27. The molecule has 0 bridgehead atoms. The van der Waals surface area contributed by atoms with Gasteiger partial charge < -0.3 is 15.0 Å². The smallest absolute Gasteiger partial charge is 0.220 e. The Morgan fingerprint density at radius 2 is 1.75 bits per heavy atom. The molecule has 1 N–H and O–H groups in total. The van der Waals surface area contributed by atoms with Crippen LogP contribution in [0.2, 0.25) is 0 Å². The highest BCUT2D eigenvalue weighted by molar-refractivity contribution is 5.85. The third-order valence-corrected chi connectivity index (χ3v) is 6.38. The number of halogens is 2. The number of para-hydroxylation sites is 2. The van der Waals surface area contributed by atoms with E-state index >= 15 is 0 Å². The first-order valence-corrected chi connectivity index (χ1v) is 11.2. The minimum Gasteiger partial charge on any atom is -0.495 e. The Hall–Kier alpha value is -1.95. The summed E-state index contributed by atoms with van der Waals surface area (Å²) >= 11 is 0. The number of hydrogen-bond acceptors (Lipinski definition) is 4. The maximum atomic E-state index is 12.5. The molecule has 1 fully saturated rings. The van der Waals surface area contributed by atoms with E-state index in [1.165, 1.54) is 16.8 Å². The van der Waals surface area contributed by atoms with Gasteiger partial charge in [0.1, 0.15) is 5.75 Å². The predicted molar refractivity (Wildman–Crippen MR) is 136 cm³/mol. The molecule has 1 saturated heterocycles. The van der Waals surface area contributed by atoms with Crippen molar-refractivity contribution in [3.63, 3.8) is 0 Å². The van der Waals surface area contributed by atoms with Crippen LogP contribution in [-0.4, -0.2) is 50.6 Å². The Morgan fingerprint density at radius 1 is 1.03 bits per heavy atom. The van der Waals surface area contributed by atoms with Gasteiger partial charge in [-0.25, -0.2) is 0 Å². The van der Waals surface area contributed by atoms with Gasteiger partial charge in [0, 0.05) is 32.6 Å². The fraction of sp³-hybridized carbons (Fsp3) is 0.480. The average Bonchev–Trinajstić information content (AvgIpc) is 2.80. The zero-order valence-electron chi connectivity index (χ0n) is 18.8. The topological polar surface area (TPSA) is 44.8 Å². The number of ether oxygens (including phenoxy) is 1. The maximum Gasteiger partial charge on any atom is 0.220 e. The summed E-state index contributed by atoms with van der Waals surface area (Å²) < 4.78 is 5.50. The molecule has 0 saturated carbocycles. The number of nitrogens with one attached hydrogen (secondary N) is 1. The number of carbonyl (C=O) groups is 1. The van der Waals surface area contributed by atoms with Crippen LogP contribution >= 0.6 is 24.8 Å². The van der Waals surface area contributed by atoms with Gasteiger partial charge in [-0.3, -0.25) is 9.69 Å². The van der Waals surface area contributed by atoms with Gasteiger partial charge in [-0.05, 0) is 55.5 Å². The van der Waals surface area contributed by atoms with Crippen LogP contribution in [0.15, 0.2) is 48.5 Å². The van der Waals surface area contributed by atoms with Crippen LogP contribution in [-0.2, 0) is 11.2 Å². The monoisotopic (exact) mass is 479 g/mol. The van der Waals surface area contributed by atoms with Gasteiger partial charge in [0.25, 0.3) is 0 Å². The largest absolute Gasteiger partial charge is 0.495 e. The lowest BCUT2D eigenvalue weighted by molar-refractivity contribution is -0.122. The van der Waals surface area contributed by atoms with Gasteiger partial charge in [-0.15, -0.1) is 24.8 Å². The van der Waals surface area contributed by atoms with Gasteiger partial charge in [0.05, 0.1) is 18.8 Å². The third-order valence-electron chi connectivity index (χ3n) is 6.38. The fourth-order valence-electron chi connectivity index (χ4n) is 4.74. The Kier molecular flexibility index (Phi) is 10.6. The van der Waals surface area contributed by atoms with Crippen LogP contribution < -0.4 is 15.0 Å². The third kappa shape index (κ3) is 6.53. The van der Waals surface area contributed by atoms with E-state index in [1.807, 2.05) is 12.1 Å². The molecule has 0 spiro atoms. The number of amides is 1. The molecule has 0 radical (unpaired) electrons. The quantitative estimate of drug-likeness (QED) is 0.628. The Labute approximate surface area is 204 Å². The molecule has 1 atom stereocenters. The Morgan fingerprint density at radius 3 is 2.53 bits per heavy atom. The van der Waals surface area contributed by atoms with Crippen molar-refractivity contribution in [2.75, 3.05) is 44.7 Å². The van der Waals surface area contributed by atoms with Crippen molar-refractivity contribution in [1.82, 2.24) is 10.2 Å². The summed E-state index contributed by atoms with van der Waals surface area (Å²) in [6.07, 6.45) is 4.84. The van der Waals surface area contributed by atoms with E-state index in [2.05, 4.69) is 51.5 Å². The molecule has 1 aliphatic carbocycles. The van der Waals surface area contributed by atoms with Crippen molar-refractivity contribution in [1.29, 1.82) is 0 Å². The second-order valence-corrected chi connectivity index (χ2v) is 8.32. The van der Waals surface area contributed by atoms with Gasteiger partial charge in [0.15, 0.2) is 0 Å². The SMILES string of the molecule is COc1ccccc1N1CCN(CCCC(=O)NC2CCCc3ccccc32)CC1.Cl.Cl. The van der Waals surface area contributed by atoms with E-state index in [-0.39, 0.29) is 36.8 Å². The Balaban J connectivity index is 0.00000181. The standard InChI is InChI=1S/C25H33N3O2.2ClH/c1-30-24-13-5-4-12-23(24)28-18-16-27(17-19-28)15-7-14-25(29)26-22-11-6-9-20-8-2-3-10-21(20)22;;/h2-5,8,10,12-13,22H,6-7,9,11,14-19H2,1H3,(H,26,29);2*1H. The van der Waals surface area contributed by atoms with E-state index in [0.29, 0.717) is 6.42 Å². The second kappa shape index (κ2) is 12.9. The normalized spacial score (nSPS) is 18.0. The number of carbonyl (C=O) groups excluding carboxylic acids is 1. The first kappa shape index (κ1) is 26.3. The number of nitrogens with zero attached hydrogens (tertiary/aromatic N) is 2. The summed E-state index contributed by atoms with van der Waals surface area (Å²) in [7, 11) is 1.73. The molecular formula is C25H35Cl2N3O2. The molecular weight excluding hydrogens is 445 g/mol. The minimum atomic E-state index is 0. The van der Waals surface area contributed by atoms with Crippen molar-refractivity contribution in [3.8, 4) is 5.75 Å². The van der Waals surface area contributed by atoms with Crippen LogP contribution in [0.25, 0.3) is 0 Å². The average molecular weight is 480 g/mol. The number of rotatable bonds is 7. The van der Waals surface area contributed by atoms with Gasteiger partial charge in [-0.2, -0.15) is 0 Å². The molecule has 0 aromatic heterocycles. The molecule has 1 unspecified atom stereocenters. The van der Waals surface area contributed by atoms with Crippen molar-refractivity contribution in [3.05, 3.63) is 59.7 Å². The second-order valence-electron chi connectivity index (χ2n) is 8.32. The van der Waals surface area contributed by atoms with Crippen LogP contribution in [0.3, 0.4) is 0 Å². The number of aryl methyl sites for hydroxylation is 1. The Bertz CT molecular complexity index is 857. The summed E-state index contributed by atoms with van der Waals surface area (Å²) in [6.45, 7) is 5.01. The zero-order chi connectivity index (χ0) is 20.8. The molecule has 2 aromatic rings. The lowest BCUT2D eigenvalue weighted by Gasteiger charge is -2.36. The van der Waals surface area contributed by atoms with Crippen molar-refractivity contribution < 1.29 is 9.53 Å². The van der Waals surface area contributed by atoms with Crippen molar-refractivity contribution in [2.24, 2.45) is 0 Å². The minimum absolute atomic E-state index is 0. The molecule has 176 valence electrons. The zero-order valence-corrected chi connectivity index (χ0v) is 20.4. The molecule has 1 aliphatic heterocycles. The molecule has 2 aromatic carbocycles. The van der Waals surface area contributed by atoms with E-state index in [0.717, 1.165) is 64.2 Å². The lowest BCUT2D eigenvalue weighted by atomic mass is 9.87. The molecule has 1 amide bonds. The molecule has 1 heterocycles. The molecule has 32 heavy (non-hydrogen) atoms. The van der Waals surface area contributed by atoms with Crippen LogP contribution in [0.4, 0.5) is 5.69 Å². The van der Waals surface area contributed by atoms with Crippen molar-refractivity contribution >= 4 is 36.4 Å². The highest BCUT2D eigenvalue weighted by Gasteiger charge is 2.22. The number of piperazine rings is 1. The lowest BCUT2D eigenvalue weighted by Crippen LogP contribution is -2.46. The van der Waals surface area contributed by atoms with E-state index in [4.69, 9.17) is 4.74 Å². The molecule has 2 aliphatic rings. The predicted octanol–water partition coefficient (Wildman–Crippen LogP) is 4.63. The molecule has 5 nitrogen and oxygen atoms in total. The van der Waals surface area contributed by atoms with Crippen LogP contribution in [0.5, 0.6) is 5.75 Å². The van der Waals surface area contributed by atoms with E-state index in [1.54, 1.807) is 7.11 Å². The molecule has 7 heteroatoms. The first-order chi connectivity index (χ1) is 14.7. The van der Waals surface area contributed by atoms with Gasteiger partial charge >= 0.3 is 0 Å². The summed E-state index contributed by atoms with van der Waals surface area (Å²) in [5.41, 5.74) is 3.87. The highest BCUT2D eigenvalue weighted by atomic mass is 35.5. The summed E-state index contributed by atoms with van der Waals surface area (Å²) in [5.74, 6) is 1.12. The van der Waals surface area contributed by atoms with E-state index in [9.17, 15) is 4.79 Å². The van der Waals surface area contributed by atoms with Crippen LogP contribution in [0.1, 0.15) is 42.9 Å². The van der Waals surface area contributed by atoms with Crippen LogP contribution in [0, 0.1) is 0 Å². The maximum absolute atomic E-state index is 12.5. The number of benzene rings is 2.